The van der Waals surface area contributed by atoms with E-state index in [0.717, 1.165) is 6.04 Å². The highest BCUT2D eigenvalue weighted by Crippen LogP contribution is 2.19. The average Bonchev–Trinajstić information content (AvgIpc) is 2.54. The molecule has 0 N–H and O–H groups in total. The van der Waals surface area contributed by atoms with E-state index in [9.17, 15) is 0 Å². The molecule has 2 nitrogen and oxygen atoms in total. The van der Waals surface area contributed by atoms with Crippen LogP contribution in [0.25, 0.3) is 0 Å². The Bertz CT molecular complexity index is 139. The van der Waals surface area contributed by atoms with Gasteiger partial charge in [0, 0.05) is 6.04 Å². The van der Waals surface area contributed by atoms with E-state index in [-0.39, 0.29) is 0 Å². The summed E-state index contributed by atoms with van der Waals surface area (Å²) in [6, 6.07) is 0.908. The van der Waals surface area contributed by atoms with E-state index in [4.69, 9.17) is 0 Å². The Hall–Kier alpha value is -0.0800. The van der Waals surface area contributed by atoms with Gasteiger partial charge in [0.1, 0.15) is 0 Å². The molecular weight excluding hydrogens is 148 g/mol. The molecule has 0 amide bonds. The molecule has 0 aromatic carbocycles. The first kappa shape index (κ1) is 8.52. The van der Waals surface area contributed by atoms with Crippen molar-refractivity contribution in [3.63, 3.8) is 0 Å². The molecule has 2 heterocycles. The number of nitrogens with zero attached hydrogens (tertiary/aromatic N) is 2. The van der Waals surface area contributed by atoms with Gasteiger partial charge in [-0.2, -0.15) is 0 Å². The third kappa shape index (κ3) is 1.80. The highest BCUT2D eigenvalue weighted by atomic mass is 15.2. The Morgan fingerprint density at radius 2 is 1.92 bits per heavy atom. The summed E-state index contributed by atoms with van der Waals surface area (Å²) in [5.74, 6) is 0. The summed E-state index contributed by atoms with van der Waals surface area (Å²) in [6.07, 6.45) is 5.70. The Labute approximate surface area is 75.5 Å². The van der Waals surface area contributed by atoms with Crippen molar-refractivity contribution < 1.29 is 0 Å². The first-order chi connectivity index (χ1) is 5.86. The second-order valence-corrected chi connectivity index (χ2v) is 4.26. The lowest BCUT2D eigenvalue weighted by atomic mass is 10.0. The minimum absolute atomic E-state index is 0.908. The van der Waals surface area contributed by atoms with Gasteiger partial charge in [-0.05, 0) is 58.9 Å². The molecule has 12 heavy (non-hydrogen) atoms. The van der Waals surface area contributed by atoms with Gasteiger partial charge in [-0.25, -0.2) is 0 Å². The predicted molar refractivity (Wildman–Crippen MR) is 51.3 cm³/mol. The van der Waals surface area contributed by atoms with Crippen LogP contribution in [0.15, 0.2) is 0 Å². The van der Waals surface area contributed by atoms with Crippen molar-refractivity contribution in [3.05, 3.63) is 0 Å². The highest BCUT2D eigenvalue weighted by Gasteiger charge is 2.24. The molecule has 2 aliphatic heterocycles. The number of rotatable bonds is 3. The van der Waals surface area contributed by atoms with Gasteiger partial charge >= 0.3 is 0 Å². The van der Waals surface area contributed by atoms with Crippen molar-refractivity contribution in [1.82, 2.24) is 9.80 Å². The monoisotopic (exact) mass is 168 g/mol. The molecule has 0 aromatic heterocycles. The zero-order valence-corrected chi connectivity index (χ0v) is 8.13. The highest BCUT2D eigenvalue weighted by molar-refractivity contribution is 4.81. The van der Waals surface area contributed by atoms with Crippen LogP contribution >= 0.6 is 0 Å². The van der Waals surface area contributed by atoms with Crippen molar-refractivity contribution in [1.29, 1.82) is 0 Å². The maximum Gasteiger partial charge on any atom is 0.0117 e. The standard InChI is InChI=1S/C10H20N2/c1-11-8-4-10(11)5-9-12-6-2-3-7-12/h10H,2-9H2,1H3. The summed E-state index contributed by atoms with van der Waals surface area (Å²) in [7, 11) is 2.25. The second kappa shape index (κ2) is 3.75. The minimum Gasteiger partial charge on any atom is -0.303 e. The van der Waals surface area contributed by atoms with Crippen LogP contribution < -0.4 is 0 Å². The van der Waals surface area contributed by atoms with Crippen molar-refractivity contribution >= 4 is 0 Å². The second-order valence-electron chi connectivity index (χ2n) is 4.26. The minimum atomic E-state index is 0.908. The lowest BCUT2D eigenvalue weighted by Crippen LogP contribution is -2.46. The quantitative estimate of drug-likeness (QED) is 0.624. The van der Waals surface area contributed by atoms with Gasteiger partial charge in [-0.3, -0.25) is 0 Å². The molecule has 2 heteroatoms. The zero-order chi connectivity index (χ0) is 8.39. The third-order valence-electron chi connectivity index (χ3n) is 3.42. The largest absolute Gasteiger partial charge is 0.303 e. The van der Waals surface area contributed by atoms with E-state index in [2.05, 4.69) is 16.8 Å². The van der Waals surface area contributed by atoms with Gasteiger partial charge in [-0.1, -0.05) is 0 Å². The number of likely N-dealkylation sites (tertiary alicyclic amines) is 2. The fraction of sp³-hybridized carbons (Fsp3) is 1.00. The van der Waals surface area contributed by atoms with E-state index >= 15 is 0 Å². The smallest absolute Gasteiger partial charge is 0.0117 e. The molecule has 70 valence electrons. The lowest BCUT2D eigenvalue weighted by molar-refractivity contribution is 0.107. The van der Waals surface area contributed by atoms with E-state index in [1.807, 2.05) is 0 Å². The van der Waals surface area contributed by atoms with Crippen LogP contribution in [0.3, 0.4) is 0 Å². The molecule has 0 saturated carbocycles. The Kier molecular flexibility index (Phi) is 2.66. The maximum atomic E-state index is 2.62. The topological polar surface area (TPSA) is 6.48 Å². The van der Waals surface area contributed by atoms with Crippen LogP contribution in [-0.2, 0) is 0 Å². The predicted octanol–water partition coefficient (Wildman–Crippen LogP) is 1.18. The first-order valence-corrected chi connectivity index (χ1v) is 5.29. The number of hydrogen-bond donors (Lipinski definition) is 0. The molecule has 2 rings (SSSR count). The van der Waals surface area contributed by atoms with E-state index in [1.165, 1.54) is 51.9 Å². The van der Waals surface area contributed by atoms with Crippen molar-refractivity contribution in [2.24, 2.45) is 0 Å². The molecule has 2 aliphatic rings. The molecule has 0 aromatic rings. The van der Waals surface area contributed by atoms with E-state index < -0.39 is 0 Å². The maximum absolute atomic E-state index is 2.62. The fourth-order valence-electron chi connectivity index (χ4n) is 2.27. The van der Waals surface area contributed by atoms with Crippen LogP contribution in [0, 0.1) is 0 Å². The number of hydrogen-bond acceptors (Lipinski definition) is 2. The molecule has 0 spiro atoms. The first-order valence-electron chi connectivity index (χ1n) is 5.29. The molecular formula is C10H20N2. The average molecular weight is 168 g/mol. The summed E-state index contributed by atoms with van der Waals surface area (Å²) in [6.45, 7) is 5.38. The van der Waals surface area contributed by atoms with Crippen LogP contribution in [0.4, 0.5) is 0 Å². The molecule has 0 bridgehead atoms. The van der Waals surface area contributed by atoms with Crippen LogP contribution in [0.2, 0.25) is 0 Å². The zero-order valence-electron chi connectivity index (χ0n) is 8.13. The molecule has 2 fully saturated rings. The van der Waals surface area contributed by atoms with E-state index in [0.29, 0.717) is 0 Å². The fourth-order valence-corrected chi connectivity index (χ4v) is 2.27. The summed E-state index contributed by atoms with van der Waals surface area (Å²) < 4.78 is 0. The van der Waals surface area contributed by atoms with Crippen LogP contribution in [0.1, 0.15) is 25.7 Å². The Morgan fingerprint density at radius 1 is 1.17 bits per heavy atom. The van der Waals surface area contributed by atoms with Crippen molar-refractivity contribution in [2.75, 3.05) is 33.2 Å². The molecule has 2 saturated heterocycles. The van der Waals surface area contributed by atoms with Gasteiger partial charge in [0.15, 0.2) is 0 Å². The van der Waals surface area contributed by atoms with E-state index in [1.54, 1.807) is 0 Å². The summed E-state index contributed by atoms with van der Waals surface area (Å²) in [4.78, 5) is 5.10. The van der Waals surface area contributed by atoms with Crippen LogP contribution in [0.5, 0.6) is 0 Å². The van der Waals surface area contributed by atoms with Crippen LogP contribution in [-0.4, -0.2) is 49.1 Å². The third-order valence-corrected chi connectivity index (χ3v) is 3.42. The van der Waals surface area contributed by atoms with Crippen molar-refractivity contribution in [3.8, 4) is 0 Å². The van der Waals surface area contributed by atoms with Gasteiger partial charge in [-0.15, -0.1) is 0 Å². The molecule has 1 unspecified atom stereocenters. The Balaban J connectivity index is 1.61. The van der Waals surface area contributed by atoms with Gasteiger partial charge < -0.3 is 9.80 Å². The van der Waals surface area contributed by atoms with Crippen molar-refractivity contribution in [2.45, 2.75) is 31.7 Å². The molecule has 0 aliphatic carbocycles. The summed E-state index contributed by atoms with van der Waals surface area (Å²) in [5.41, 5.74) is 0. The normalized spacial score (nSPS) is 32.2. The summed E-state index contributed by atoms with van der Waals surface area (Å²) >= 11 is 0. The summed E-state index contributed by atoms with van der Waals surface area (Å²) in [5, 5.41) is 0. The lowest BCUT2D eigenvalue weighted by Gasteiger charge is -2.38. The Morgan fingerprint density at radius 3 is 2.42 bits per heavy atom. The molecule has 0 radical (unpaired) electrons. The molecule has 1 atom stereocenters. The van der Waals surface area contributed by atoms with Gasteiger partial charge in [0.05, 0.1) is 0 Å². The van der Waals surface area contributed by atoms with Gasteiger partial charge in [0.25, 0.3) is 0 Å². The van der Waals surface area contributed by atoms with Gasteiger partial charge in [0.2, 0.25) is 0 Å². The SMILES string of the molecule is CN1CCC1CCN1CCCC1.